The molecule has 1 atom stereocenters. The second kappa shape index (κ2) is 6.14. The molecule has 0 amide bonds. The molecule has 1 saturated heterocycles. The van der Waals surface area contributed by atoms with E-state index < -0.39 is 0 Å². The van der Waals surface area contributed by atoms with Gasteiger partial charge in [-0.3, -0.25) is 0 Å². The molecular weight excluding hydrogens is 331 g/mol. The molecule has 1 aliphatic heterocycles. The molecule has 0 N–H and O–H groups in total. The number of hydrogen-bond donors (Lipinski definition) is 0. The zero-order valence-corrected chi connectivity index (χ0v) is 14.1. The van der Waals surface area contributed by atoms with Crippen LogP contribution in [0.2, 0.25) is 0 Å². The van der Waals surface area contributed by atoms with Crippen LogP contribution in [0.15, 0.2) is 48.5 Å². The maximum Gasteiger partial charge on any atom is 0.198 e. The van der Waals surface area contributed by atoms with Crippen LogP contribution in [0.4, 0.5) is 4.39 Å². The predicted molar refractivity (Wildman–Crippen MR) is 97.2 cm³/mol. The van der Waals surface area contributed by atoms with Crippen molar-refractivity contribution >= 4 is 22.3 Å². The first-order valence-electron chi connectivity index (χ1n) is 8.79. The van der Waals surface area contributed by atoms with Gasteiger partial charge in [0.15, 0.2) is 11.3 Å². The van der Waals surface area contributed by atoms with Gasteiger partial charge in [-0.2, -0.15) is 0 Å². The fraction of sp³-hybridized carbons (Fsp3) is 0.250. The molecule has 1 aliphatic rings. The summed E-state index contributed by atoms with van der Waals surface area (Å²) in [7, 11) is 0. The second-order valence-corrected chi connectivity index (χ2v) is 6.52. The van der Waals surface area contributed by atoms with Gasteiger partial charge in [0.05, 0.1) is 29.2 Å². The molecule has 6 heteroatoms. The number of halogens is 1. The number of hydrogen-bond acceptors (Lipinski definition) is 4. The molecule has 0 saturated carbocycles. The lowest BCUT2D eigenvalue weighted by molar-refractivity contribution is 0.0981. The van der Waals surface area contributed by atoms with Gasteiger partial charge in [0.1, 0.15) is 11.6 Å². The van der Waals surface area contributed by atoms with E-state index in [1.165, 1.54) is 6.07 Å². The van der Waals surface area contributed by atoms with Crippen molar-refractivity contribution in [2.75, 3.05) is 6.61 Å². The van der Waals surface area contributed by atoms with E-state index in [1.807, 2.05) is 34.9 Å². The highest BCUT2D eigenvalue weighted by atomic mass is 19.1. The molecule has 0 aliphatic carbocycles. The van der Waals surface area contributed by atoms with Crippen molar-refractivity contribution < 1.29 is 9.13 Å². The first-order valence-corrected chi connectivity index (χ1v) is 8.79. The smallest absolute Gasteiger partial charge is 0.198 e. The standard InChI is InChI=1S/C20H17FN4O/c21-15-8-2-1-7-14(15)19-24-18-20(25(19)12-13-6-5-11-26-13)23-17-10-4-3-9-16(17)22-18/h1-4,7-10,13H,5-6,11-12H2/t13-/m0/s1. The first-order chi connectivity index (χ1) is 12.8. The first kappa shape index (κ1) is 15.4. The van der Waals surface area contributed by atoms with E-state index >= 15 is 0 Å². The number of fused-ring (bicyclic) bond motifs is 2. The van der Waals surface area contributed by atoms with Crippen molar-refractivity contribution in [3.63, 3.8) is 0 Å². The molecular formula is C20H17FN4O. The molecule has 0 unspecified atom stereocenters. The highest BCUT2D eigenvalue weighted by molar-refractivity contribution is 5.84. The van der Waals surface area contributed by atoms with Crippen LogP contribution in [0.3, 0.4) is 0 Å². The minimum absolute atomic E-state index is 0.0891. The molecule has 0 spiro atoms. The minimum atomic E-state index is -0.305. The Balaban J connectivity index is 1.76. The zero-order valence-electron chi connectivity index (χ0n) is 14.1. The summed E-state index contributed by atoms with van der Waals surface area (Å²) in [6.45, 7) is 1.36. The van der Waals surface area contributed by atoms with Crippen LogP contribution >= 0.6 is 0 Å². The Bertz CT molecular complexity index is 1100. The molecule has 1 fully saturated rings. The van der Waals surface area contributed by atoms with Gasteiger partial charge in [-0.1, -0.05) is 24.3 Å². The summed E-state index contributed by atoms with van der Waals surface area (Å²) in [4.78, 5) is 14.0. The Kier molecular flexibility index (Phi) is 3.64. The second-order valence-electron chi connectivity index (χ2n) is 6.52. The van der Waals surface area contributed by atoms with Gasteiger partial charge in [-0.25, -0.2) is 19.3 Å². The molecule has 0 radical (unpaired) electrons. The van der Waals surface area contributed by atoms with Gasteiger partial charge in [-0.15, -0.1) is 0 Å². The van der Waals surface area contributed by atoms with Crippen LogP contribution in [-0.4, -0.2) is 32.2 Å². The lowest BCUT2D eigenvalue weighted by Gasteiger charge is -2.14. The summed E-state index contributed by atoms with van der Waals surface area (Å²) in [6, 6.07) is 14.4. The highest BCUT2D eigenvalue weighted by Crippen LogP contribution is 2.28. The van der Waals surface area contributed by atoms with Gasteiger partial charge in [-0.05, 0) is 37.1 Å². The van der Waals surface area contributed by atoms with Crippen LogP contribution in [0.5, 0.6) is 0 Å². The largest absolute Gasteiger partial charge is 0.376 e. The van der Waals surface area contributed by atoms with E-state index in [4.69, 9.17) is 9.72 Å². The van der Waals surface area contributed by atoms with Crippen molar-refractivity contribution in [1.29, 1.82) is 0 Å². The van der Waals surface area contributed by atoms with Crippen LogP contribution in [0.1, 0.15) is 12.8 Å². The average molecular weight is 348 g/mol. The van der Waals surface area contributed by atoms with Crippen molar-refractivity contribution in [2.24, 2.45) is 0 Å². The monoisotopic (exact) mass is 348 g/mol. The molecule has 0 bridgehead atoms. The average Bonchev–Trinajstić information content (AvgIpc) is 3.29. The Hall–Kier alpha value is -2.86. The van der Waals surface area contributed by atoms with Crippen molar-refractivity contribution in [1.82, 2.24) is 19.5 Å². The van der Waals surface area contributed by atoms with Crippen LogP contribution in [-0.2, 0) is 11.3 Å². The van der Waals surface area contributed by atoms with E-state index in [0.717, 1.165) is 30.5 Å². The lowest BCUT2D eigenvalue weighted by Crippen LogP contribution is -2.16. The van der Waals surface area contributed by atoms with Crippen molar-refractivity contribution in [3.8, 4) is 11.4 Å². The summed E-state index contributed by atoms with van der Waals surface area (Å²) in [5.41, 5.74) is 3.22. The van der Waals surface area contributed by atoms with Gasteiger partial charge in [0, 0.05) is 6.61 Å². The fourth-order valence-electron chi connectivity index (χ4n) is 3.51. The van der Waals surface area contributed by atoms with Crippen molar-refractivity contribution in [3.05, 3.63) is 54.3 Å². The van der Waals surface area contributed by atoms with Gasteiger partial charge >= 0.3 is 0 Å². The SMILES string of the molecule is Fc1ccccc1-c1nc2nc3ccccc3nc2n1C[C@@H]1CCCO1. The molecule has 2 aromatic carbocycles. The molecule has 26 heavy (non-hydrogen) atoms. The van der Waals surface area contributed by atoms with Crippen LogP contribution in [0.25, 0.3) is 33.7 Å². The van der Waals surface area contributed by atoms with E-state index in [2.05, 4.69) is 9.97 Å². The van der Waals surface area contributed by atoms with Gasteiger partial charge in [0.25, 0.3) is 0 Å². The third-order valence-corrected chi connectivity index (χ3v) is 4.78. The summed E-state index contributed by atoms with van der Waals surface area (Å²) < 4.78 is 22.2. The number of para-hydroxylation sites is 2. The maximum atomic E-state index is 14.5. The van der Waals surface area contributed by atoms with E-state index in [0.29, 0.717) is 29.2 Å². The third kappa shape index (κ3) is 2.54. The van der Waals surface area contributed by atoms with E-state index in [1.54, 1.807) is 12.1 Å². The number of ether oxygens (including phenoxy) is 1. The molecule has 3 heterocycles. The van der Waals surface area contributed by atoms with E-state index in [-0.39, 0.29) is 11.9 Å². The summed E-state index contributed by atoms with van der Waals surface area (Å²) in [6.07, 6.45) is 2.12. The molecule has 130 valence electrons. The third-order valence-electron chi connectivity index (χ3n) is 4.78. The van der Waals surface area contributed by atoms with Gasteiger partial charge < -0.3 is 9.30 Å². The number of benzene rings is 2. The molecule has 2 aromatic heterocycles. The van der Waals surface area contributed by atoms with Crippen molar-refractivity contribution in [2.45, 2.75) is 25.5 Å². The highest BCUT2D eigenvalue weighted by Gasteiger charge is 2.23. The maximum absolute atomic E-state index is 14.5. The quantitative estimate of drug-likeness (QED) is 0.562. The Morgan fingerprint density at radius 3 is 2.54 bits per heavy atom. The molecule has 5 rings (SSSR count). The normalized spacial score (nSPS) is 17.3. The lowest BCUT2D eigenvalue weighted by atomic mass is 10.2. The number of imidazole rings is 1. The minimum Gasteiger partial charge on any atom is -0.376 e. The number of rotatable bonds is 3. The number of aromatic nitrogens is 4. The summed E-state index contributed by atoms with van der Waals surface area (Å²) in [5.74, 6) is 0.241. The molecule has 4 aromatic rings. The van der Waals surface area contributed by atoms with Crippen LogP contribution < -0.4 is 0 Å². The fourth-order valence-corrected chi connectivity index (χ4v) is 3.51. The molecule has 5 nitrogen and oxygen atoms in total. The van der Waals surface area contributed by atoms with E-state index in [9.17, 15) is 4.39 Å². The van der Waals surface area contributed by atoms with Gasteiger partial charge in [0.2, 0.25) is 0 Å². The Morgan fingerprint density at radius 2 is 1.77 bits per heavy atom. The Morgan fingerprint density at radius 1 is 1.00 bits per heavy atom. The predicted octanol–water partition coefficient (Wildman–Crippen LogP) is 3.96. The Labute approximate surface area is 149 Å². The zero-order chi connectivity index (χ0) is 17.5. The summed E-state index contributed by atoms with van der Waals surface area (Å²) in [5, 5.41) is 0. The number of nitrogens with zero attached hydrogens (tertiary/aromatic N) is 4. The van der Waals surface area contributed by atoms with Crippen LogP contribution in [0, 0.1) is 5.82 Å². The topological polar surface area (TPSA) is 52.8 Å². The summed E-state index contributed by atoms with van der Waals surface area (Å²) >= 11 is 0.